The fraction of sp³-hybridized carbons (Fsp3) is 0.286. The summed E-state index contributed by atoms with van der Waals surface area (Å²) in [7, 11) is 3.27. The summed E-state index contributed by atoms with van der Waals surface area (Å²) in [5.74, 6) is 7.11. The van der Waals surface area contributed by atoms with E-state index in [0.717, 1.165) is 23.5 Å². The van der Waals surface area contributed by atoms with Crippen molar-refractivity contribution < 1.29 is 9.47 Å². The summed E-state index contributed by atoms with van der Waals surface area (Å²) < 4.78 is 10.5. The van der Waals surface area contributed by atoms with Gasteiger partial charge in [-0.3, -0.25) is 11.3 Å². The third-order valence-corrected chi connectivity index (χ3v) is 3.74. The lowest BCUT2D eigenvalue weighted by molar-refractivity contribution is 0.354. The van der Waals surface area contributed by atoms with Crippen LogP contribution in [-0.4, -0.2) is 14.2 Å². The monoisotopic (exact) mass is 278 g/mol. The molecule has 2 rings (SSSR count). The van der Waals surface area contributed by atoms with Gasteiger partial charge in [0, 0.05) is 0 Å². The lowest BCUT2D eigenvalue weighted by Gasteiger charge is -2.16. The van der Waals surface area contributed by atoms with Crippen LogP contribution in [0.5, 0.6) is 11.5 Å². The molecule has 0 aliphatic rings. The lowest BCUT2D eigenvalue weighted by atomic mass is 10.0. The summed E-state index contributed by atoms with van der Waals surface area (Å²) in [6.45, 7) is 0. The number of hydrogen-bond acceptors (Lipinski definition) is 5. The van der Waals surface area contributed by atoms with Gasteiger partial charge in [0.2, 0.25) is 0 Å². The maximum Gasteiger partial charge on any atom is 0.160 e. The van der Waals surface area contributed by atoms with Crippen molar-refractivity contribution in [3.63, 3.8) is 0 Å². The Morgan fingerprint density at radius 3 is 2.58 bits per heavy atom. The van der Waals surface area contributed by atoms with Crippen molar-refractivity contribution >= 4 is 11.3 Å². The molecule has 1 aromatic heterocycles. The Hall–Kier alpha value is -1.56. The second-order valence-electron chi connectivity index (χ2n) is 4.17. The van der Waals surface area contributed by atoms with E-state index < -0.39 is 0 Å². The summed E-state index contributed by atoms with van der Waals surface area (Å²) in [5.41, 5.74) is 5.20. The number of hydrogen-bond donors (Lipinski definition) is 2. The third-order valence-electron chi connectivity index (χ3n) is 3.03. The van der Waals surface area contributed by atoms with Crippen molar-refractivity contribution in [1.82, 2.24) is 5.43 Å². The van der Waals surface area contributed by atoms with E-state index in [2.05, 4.69) is 16.9 Å². The molecule has 19 heavy (non-hydrogen) atoms. The van der Waals surface area contributed by atoms with Gasteiger partial charge in [0.05, 0.1) is 20.3 Å². The first-order valence-electron chi connectivity index (χ1n) is 5.97. The zero-order valence-electron chi connectivity index (χ0n) is 11.1. The Morgan fingerprint density at radius 1 is 1.21 bits per heavy atom. The minimum atomic E-state index is 0.101. The van der Waals surface area contributed by atoms with E-state index in [0.29, 0.717) is 0 Å². The molecule has 0 bridgehead atoms. The second-order valence-corrected chi connectivity index (χ2v) is 4.95. The van der Waals surface area contributed by atoms with Gasteiger partial charge < -0.3 is 9.47 Å². The first-order valence-corrected chi connectivity index (χ1v) is 6.92. The highest BCUT2D eigenvalue weighted by molar-refractivity contribution is 7.07. The van der Waals surface area contributed by atoms with Gasteiger partial charge in [-0.1, -0.05) is 6.07 Å². The smallest absolute Gasteiger partial charge is 0.160 e. The molecule has 2 aromatic rings. The molecule has 1 unspecified atom stereocenters. The van der Waals surface area contributed by atoms with Crippen LogP contribution in [-0.2, 0) is 6.42 Å². The minimum Gasteiger partial charge on any atom is -0.493 e. The molecule has 0 aliphatic heterocycles. The number of nitrogens with two attached hydrogens (primary N) is 1. The molecular weight excluding hydrogens is 260 g/mol. The van der Waals surface area contributed by atoms with Crippen molar-refractivity contribution in [2.75, 3.05) is 14.2 Å². The van der Waals surface area contributed by atoms with Crippen LogP contribution in [0.25, 0.3) is 0 Å². The number of thiophene rings is 1. The SMILES string of the molecule is COc1ccc(CC(NN)c2ccsc2)cc1OC. The molecular formula is C14H18N2O2S. The van der Waals surface area contributed by atoms with Crippen LogP contribution in [0.3, 0.4) is 0 Å². The number of ether oxygens (including phenoxy) is 2. The molecule has 1 heterocycles. The molecule has 102 valence electrons. The van der Waals surface area contributed by atoms with Crippen LogP contribution in [0.4, 0.5) is 0 Å². The highest BCUT2D eigenvalue weighted by Crippen LogP contribution is 2.29. The van der Waals surface area contributed by atoms with E-state index in [1.165, 1.54) is 5.56 Å². The van der Waals surface area contributed by atoms with E-state index in [4.69, 9.17) is 15.3 Å². The molecule has 0 spiro atoms. The van der Waals surface area contributed by atoms with Crippen molar-refractivity contribution in [3.8, 4) is 11.5 Å². The Labute approximate surface area is 117 Å². The molecule has 0 saturated heterocycles. The molecule has 0 fully saturated rings. The molecule has 4 nitrogen and oxygen atoms in total. The van der Waals surface area contributed by atoms with Crippen molar-refractivity contribution in [2.24, 2.45) is 5.84 Å². The van der Waals surface area contributed by atoms with Crippen molar-refractivity contribution in [1.29, 1.82) is 0 Å². The first kappa shape index (κ1) is 13.9. The predicted molar refractivity (Wildman–Crippen MR) is 77.6 cm³/mol. The lowest BCUT2D eigenvalue weighted by Crippen LogP contribution is -2.29. The van der Waals surface area contributed by atoms with Gasteiger partial charge in [0.15, 0.2) is 11.5 Å². The van der Waals surface area contributed by atoms with Crippen LogP contribution >= 0.6 is 11.3 Å². The predicted octanol–water partition coefficient (Wildman–Crippen LogP) is 2.51. The number of rotatable bonds is 6. The van der Waals surface area contributed by atoms with Gasteiger partial charge in [-0.05, 0) is 46.5 Å². The summed E-state index contributed by atoms with van der Waals surface area (Å²) in [6.07, 6.45) is 0.799. The minimum absolute atomic E-state index is 0.101. The summed E-state index contributed by atoms with van der Waals surface area (Å²) in [5, 5.41) is 4.15. The Balaban J connectivity index is 2.18. The standard InChI is InChI=1S/C14H18N2O2S/c1-17-13-4-3-10(8-14(13)18-2)7-12(16-15)11-5-6-19-9-11/h3-6,8-9,12,16H,7,15H2,1-2H3. The molecule has 5 heteroatoms. The van der Waals surface area contributed by atoms with E-state index >= 15 is 0 Å². The second kappa shape index (κ2) is 6.56. The summed E-state index contributed by atoms with van der Waals surface area (Å²) in [4.78, 5) is 0. The van der Waals surface area contributed by atoms with Gasteiger partial charge >= 0.3 is 0 Å². The average molecular weight is 278 g/mol. The number of nitrogens with one attached hydrogen (secondary N) is 1. The summed E-state index contributed by atoms with van der Waals surface area (Å²) >= 11 is 1.67. The van der Waals surface area contributed by atoms with Gasteiger partial charge in [0.25, 0.3) is 0 Å². The fourth-order valence-corrected chi connectivity index (χ4v) is 2.70. The Morgan fingerprint density at radius 2 is 2.00 bits per heavy atom. The molecule has 0 amide bonds. The quantitative estimate of drug-likeness (QED) is 0.630. The Bertz CT molecular complexity index is 514. The molecule has 0 aliphatic carbocycles. The first-order chi connectivity index (χ1) is 9.28. The van der Waals surface area contributed by atoms with E-state index in [9.17, 15) is 0 Å². The van der Waals surface area contributed by atoms with Gasteiger partial charge in [-0.15, -0.1) is 0 Å². The normalized spacial score (nSPS) is 12.2. The third kappa shape index (κ3) is 3.26. The average Bonchev–Trinajstić information content (AvgIpc) is 2.98. The zero-order chi connectivity index (χ0) is 13.7. The number of benzene rings is 1. The van der Waals surface area contributed by atoms with Crippen molar-refractivity contribution in [2.45, 2.75) is 12.5 Å². The largest absolute Gasteiger partial charge is 0.493 e. The highest BCUT2D eigenvalue weighted by atomic mass is 32.1. The molecule has 1 atom stereocenters. The topological polar surface area (TPSA) is 56.5 Å². The van der Waals surface area contributed by atoms with Crippen LogP contribution < -0.4 is 20.7 Å². The number of hydrazine groups is 1. The van der Waals surface area contributed by atoms with Gasteiger partial charge in [-0.25, -0.2) is 0 Å². The molecule has 0 radical (unpaired) electrons. The molecule has 0 saturated carbocycles. The highest BCUT2D eigenvalue weighted by Gasteiger charge is 2.12. The van der Waals surface area contributed by atoms with E-state index in [-0.39, 0.29) is 6.04 Å². The van der Waals surface area contributed by atoms with E-state index in [1.54, 1.807) is 25.6 Å². The fourth-order valence-electron chi connectivity index (χ4n) is 1.99. The zero-order valence-corrected chi connectivity index (χ0v) is 11.9. The maximum atomic E-state index is 5.64. The van der Waals surface area contributed by atoms with Crippen LogP contribution in [0.15, 0.2) is 35.0 Å². The molecule has 1 aromatic carbocycles. The molecule has 3 N–H and O–H groups in total. The van der Waals surface area contributed by atoms with Crippen molar-refractivity contribution in [3.05, 3.63) is 46.2 Å². The van der Waals surface area contributed by atoms with Crippen LogP contribution in [0, 0.1) is 0 Å². The Kier molecular flexibility index (Phi) is 4.79. The van der Waals surface area contributed by atoms with Crippen LogP contribution in [0.2, 0.25) is 0 Å². The van der Waals surface area contributed by atoms with Gasteiger partial charge in [0.1, 0.15) is 0 Å². The van der Waals surface area contributed by atoms with Crippen LogP contribution in [0.1, 0.15) is 17.2 Å². The summed E-state index contributed by atoms with van der Waals surface area (Å²) in [6, 6.07) is 8.10. The number of methoxy groups -OCH3 is 2. The van der Waals surface area contributed by atoms with Gasteiger partial charge in [-0.2, -0.15) is 11.3 Å². The maximum absolute atomic E-state index is 5.64. The van der Waals surface area contributed by atoms with E-state index in [1.807, 2.05) is 23.6 Å².